The number of hydrogen-bond donors (Lipinski definition) is 1. The zero-order chi connectivity index (χ0) is 20.6. The lowest BCUT2D eigenvalue weighted by molar-refractivity contribution is -0.143. The average Bonchev–Trinajstić information content (AvgIpc) is 3.02. The van der Waals surface area contributed by atoms with E-state index in [2.05, 4.69) is 15.0 Å². The summed E-state index contributed by atoms with van der Waals surface area (Å²) < 4.78 is 11.7. The van der Waals surface area contributed by atoms with Gasteiger partial charge in [0.1, 0.15) is 6.26 Å². The number of pyridine rings is 1. The third kappa shape index (κ3) is 3.62. The van der Waals surface area contributed by atoms with Gasteiger partial charge in [-0.05, 0) is 29.8 Å². The lowest BCUT2D eigenvalue weighted by Gasteiger charge is -2.21. The van der Waals surface area contributed by atoms with E-state index < -0.39 is 16.8 Å². The molecule has 8 heteroatoms. The number of carbonyl (C=O) groups is 1. The van der Waals surface area contributed by atoms with Gasteiger partial charge in [-0.2, -0.15) is 9.97 Å². The molecule has 2 aromatic heterocycles. The number of likely N-dealkylation sites (N-methyl/N-ethyl adjacent to an activating group) is 1. The topological polar surface area (TPSA) is 102 Å². The molecule has 0 aliphatic carbocycles. The Labute approximate surface area is 171 Å². The highest BCUT2D eigenvalue weighted by Crippen LogP contribution is 2.34. The van der Waals surface area contributed by atoms with E-state index >= 15 is 0 Å². The summed E-state index contributed by atoms with van der Waals surface area (Å²) in [7, 11) is 1.69. The van der Waals surface area contributed by atoms with Gasteiger partial charge in [-0.25, -0.2) is 4.98 Å². The fourth-order valence-corrected chi connectivity index (χ4v) is 3.85. The van der Waals surface area contributed by atoms with E-state index in [0.717, 1.165) is 5.56 Å². The van der Waals surface area contributed by atoms with Crippen molar-refractivity contribution < 1.29 is 14.5 Å². The third-order valence-corrected chi connectivity index (χ3v) is 5.76. The van der Waals surface area contributed by atoms with Crippen LogP contribution in [0.15, 0.2) is 59.9 Å². The maximum Gasteiger partial charge on any atom is 0.343 e. The van der Waals surface area contributed by atoms with Crippen LogP contribution in [0.4, 0.5) is 0 Å². The molecule has 1 fully saturated rings. The Morgan fingerprint density at radius 3 is 2.55 bits per heavy atom. The minimum atomic E-state index is -1.50. The molecule has 1 amide bonds. The van der Waals surface area contributed by atoms with Crippen LogP contribution in [0.2, 0.25) is 0 Å². The molecule has 2 unspecified atom stereocenters. The molecule has 1 aromatic carbocycles. The number of hydrogen-bond acceptors (Lipinski definition) is 6. The predicted molar refractivity (Wildman–Crippen MR) is 109 cm³/mol. The molecule has 148 valence electrons. The summed E-state index contributed by atoms with van der Waals surface area (Å²) in [6.07, 6.45) is 3.45. The zero-order valence-electron chi connectivity index (χ0n) is 16.1. The van der Waals surface area contributed by atoms with Crippen LogP contribution in [-0.4, -0.2) is 55.3 Å². The van der Waals surface area contributed by atoms with Crippen LogP contribution < -0.4 is 0 Å². The lowest BCUT2D eigenvalue weighted by Crippen LogP contribution is -2.36. The average molecular weight is 408 g/mol. The second-order valence-corrected chi connectivity index (χ2v) is 8.28. The molecule has 4 rings (SSSR count). The second kappa shape index (κ2) is 7.55. The molecule has 1 aliphatic rings. The van der Waals surface area contributed by atoms with Crippen molar-refractivity contribution in [2.75, 3.05) is 19.8 Å². The Hall–Kier alpha value is -2.81. The monoisotopic (exact) mass is 408 g/mol. The van der Waals surface area contributed by atoms with Gasteiger partial charge in [0.25, 0.3) is 5.91 Å². The fraction of sp³-hybridized carbons (Fsp3) is 0.238. The Kier molecular flexibility index (Phi) is 5.08. The highest BCUT2D eigenvalue weighted by molar-refractivity contribution is 7.90. The lowest BCUT2D eigenvalue weighted by atomic mass is 9.90. The first-order chi connectivity index (χ1) is 13.9. The highest BCUT2D eigenvalue weighted by Gasteiger charge is 2.45. The summed E-state index contributed by atoms with van der Waals surface area (Å²) in [6.45, 7) is 0.516. The minimum Gasteiger partial charge on any atom is -0.609 e. The van der Waals surface area contributed by atoms with Crippen molar-refractivity contribution in [2.45, 2.75) is 17.2 Å². The molecule has 0 radical (unpaired) electrons. The smallest absolute Gasteiger partial charge is 0.343 e. The Balaban J connectivity index is 1.71. The van der Waals surface area contributed by atoms with Crippen LogP contribution in [0.5, 0.6) is 0 Å². The van der Waals surface area contributed by atoms with Crippen molar-refractivity contribution in [3.8, 4) is 22.6 Å². The molecule has 1 aliphatic heterocycles. The molecule has 3 heterocycles. The van der Waals surface area contributed by atoms with Gasteiger partial charge >= 0.3 is 5.16 Å². The number of benzene rings is 1. The van der Waals surface area contributed by atoms with Crippen LogP contribution in [-0.2, 0) is 21.6 Å². The van der Waals surface area contributed by atoms with Crippen LogP contribution in [0.1, 0.15) is 12.0 Å². The van der Waals surface area contributed by atoms with Crippen LogP contribution >= 0.6 is 0 Å². The SMILES string of the molecule is CN1CCC(O)(c2cccc(-c3cccc(-c4ccnc([S+](C)[O-])n4)n3)c2)C1=O. The number of carbonyl (C=O) groups excluding carboxylic acids is 1. The van der Waals surface area contributed by atoms with Gasteiger partial charge in [0.05, 0.1) is 17.1 Å². The molecule has 2 atom stereocenters. The molecule has 0 bridgehead atoms. The van der Waals surface area contributed by atoms with Crippen LogP contribution in [0.3, 0.4) is 0 Å². The van der Waals surface area contributed by atoms with Crippen molar-refractivity contribution in [2.24, 2.45) is 0 Å². The van der Waals surface area contributed by atoms with Crippen molar-refractivity contribution in [1.82, 2.24) is 19.9 Å². The summed E-state index contributed by atoms with van der Waals surface area (Å²) >= 11 is -1.28. The van der Waals surface area contributed by atoms with E-state index in [1.807, 2.05) is 30.3 Å². The van der Waals surface area contributed by atoms with E-state index in [1.165, 1.54) is 11.2 Å². The first-order valence-electron chi connectivity index (χ1n) is 9.11. The van der Waals surface area contributed by atoms with Gasteiger partial charge in [0.15, 0.2) is 5.60 Å². The number of amides is 1. The largest absolute Gasteiger partial charge is 0.609 e. The van der Waals surface area contributed by atoms with Gasteiger partial charge in [0, 0.05) is 42.9 Å². The van der Waals surface area contributed by atoms with E-state index in [9.17, 15) is 14.5 Å². The molecule has 0 saturated carbocycles. The van der Waals surface area contributed by atoms with Crippen molar-refractivity contribution in [3.05, 3.63) is 60.3 Å². The summed E-state index contributed by atoms with van der Waals surface area (Å²) in [5, 5.41) is 11.2. The van der Waals surface area contributed by atoms with Crippen LogP contribution in [0, 0.1) is 0 Å². The number of rotatable bonds is 4. The van der Waals surface area contributed by atoms with Gasteiger partial charge < -0.3 is 14.6 Å². The van der Waals surface area contributed by atoms with E-state index in [4.69, 9.17) is 0 Å². The number of aliphatic hydroxyl groups is 1. The normalized spacial score (nSPS) is 20.1. The zero-order valence-corrected chi connectivity index (χ0v) is 16.9. The number of nitrogens with zero attached hydrogens (tertiary/aromatic N) is 4. The summed E-state index contributed by atoms with van der Waals surface area (Å²) in [5.74, 6) is -0.294. The van der Waals surface area contributed by atoms with Gasteiger partial charge in [0.2, 0.25) is 0 Å². The quantitative estimate of drug-likeness (QED) is 0.523. The first-order valence-corrected chi connectivity index (χ1v) is 10.7. The molecular formula is C21H20N4O3S. The van der Waals surface area contributed by atoms with Crippen molar-refractivity contribution >= 4 is 17.1 Å². The first kappa shape index (κ1) is 19.5. The predicted octanol–water partition coefficient (Wildman–Crippen LogP) is 1.99. The molecular weight excluding hydrogens is 388 g/mol. The molecule has 29 heavy (non-hydrogen) atoms. The van der Waals surface area contributed by atoms with Crippen molar-refractivity contribution in [1.29, 1.82) is 0 Å². The van der Waals surface area contributed by atoms with Gasteiger partial charge in [-0.1, -0.05) is 24.3 Å². The van der Waals surface area contributed by atoms with E-state index in [0.29, 0.717) is 35.6 Å². The summed E-state index contributed by atoms with van der Waals surface area (Å²) in [6, 6.07) is 14.5. The van der Waals surface area contributed by atoms with E-state index in [1.54, 1.807) is 31.4 Å². The van der Waals surface area contributed by atoms with Gasteiger partial charge in [-0.3, -0.25) is 4.79 Å². The number of likely N-dealkylation sites (tertiary alicyclic amines) is 1. The Bertz CT molecular complexity index is 1080. The Morgan fingerprint density at radius 2 is 1.83 bits per heavy atom. The number of aromatic nitrogens is 3. The molecule has 7 nitrogen and oxygen atoms in total. The molecule has 3 aromatic rings. The Morgan fingerprint density at radius 1 is 1.10 bits per heavy atom. The molecule has 1 N–H and O–H groups in total. The maximum absolute atomic E-state index is 12.4. The maximum atomic E-state index is 12.4. The summed E-state index contributed by atoms with van der Waals surface area (Å²) in [5.41, 5.74) is 1.72. The molecule has 1 saturated heterocycles. The van der Waals surface area contributed by atoms with Gasteiger partial charge in [-0.15, -0.1) is 0 Å². The fourth-order valence-electron chi connectivity index (χ4n) is 3.42. The third-order valence-electron chi connectivity index (χ3n) is 5.05. The van der Waals surface area contributed by atoms with E-state index in [-0.39, 0.29) is 11.1 Å². The standard InChI is InChI=1S/C21H20N4O3S/c1-25-12-10-21(27,19(25)26)15-6-3-5-14(13-15)16-7-4-8-17(23-16)18-9-11-22-20(24-18)29(2)28/h3-9,11,13,27H,10,12H2,1-2H3. The molecule has 0 spiro atoms. The summed E-state index contributed by atoms with van der Waals surface area (Å²) in [4.78, 5) is 27.0. The van der Waals surface area contributed by atoms with Crippen LogP contribution in [0.25, 0.3) is 22.6 Å². The van der Waals surface area contributed by atoms with Crippen molar-refractivity contribution in [3.63, 3.8) is 0 Å². The highest BCUT2D eigenvalue weighted by atomic mass is 32.2. The minimum absolute atomic E-state index is 0.253. The second-order valence-electron chi connectivity index (χ2n) is 7.00.